The first-order chi connectivity index (χ1) is 5.45. The summed E-state index contributed by atoms with van der Waals surface area (Å²) in [6.07, 6.45) is 2.40. The van der Waals surface area contributed by atoms with E-state index >= 15 is 0 Å². The Labute approximate surface area is 91.7 Å². The van der Waals surface area contributed by atoms with Crippen LogP contribution in [0.2, 0.25) is 19.6 Å². The molecule has 0 rings (SSSR count). The van der Waals surface area contributed by atoms with Crippen LogP contribution < -0.4 is 0 Å². The maximum Gasteiger partial charge on any atom is 0.129 e. The van der Waals surface area contributed by atoms with Crippen LogP contribution in [-0.2, 0) is 0 Å². The second-order valence-corrected chi connectivity index (χ2v) is 10.2. The van der Waals surface area contributed by atoms with Crippen molar-refractivity contribution in [3.63, 3.8) is 0 Å². The van der Waals surface area contributed by atoms with Gasteiger partial charge in [0.25, 0.3) is 0 Å². The Morgan fingerprint density at radius 3 is 2.33 bits per heavy atom. The molecule has 0 fully saturated rings. The van der Waals surface area contributed by atoms with E-state index in [4.69, 9.17) is 0 Å². The molecular weight excluding hydrogens is 275 g/mol. The van der Waals surface area contributed by atoms with Crippen molar-refractivity contribution >= 4 is 30.7 Å². The molecule has 0 amide bonds. The molecule has 0 spiro atoms. The van der Waals surface area contributed by atoms with Gasteiger partial charge in [-0.25, -0.2) is 0 Å². The van der Waals surface area contributed by atoms with Crippen molar-refractivity contribution in [1.82, 2.24) is 0 Å². The van der Waals surface area contributed by atoms with Crippen LogP contribution in [0.3, 0.4) is 0 Å². The Hall–Kier alpha value is 0.507. The molecule has 0 aromatic rings. The van der Waals surface area contributed by atoms with E-state index in [1.165, 1.54) is 10.8 Å². The minimum atomic E-state index is -1.11. The maximum absolute atomic E-state index is 3.40. The third kappa shape index (κ3) is 8.60. The van der Waals surface area contributed by atoms with Crippen LogP contribution in [0.5, 0.6) is 0 Å². The predicted octanol–water partition coefficient (Wildman–Crippen LogP) is 3.72. The van der Waals surface area contributed by atoms with E-state index in [9.17, 15) is 0 Å². The van der Waals surface area contributed by atoms with Crippen LogP contribution in [0.4, 0.5) is 0 Å². The summed E-state index contributed by atoms with van der Waals surface area (Å²) in [5.41, 5.74) is 3.40. The fraction of sp³-hybridized carbons (Fsp3) is 0.800. The zero-order valence-corrected chi connectivity index (χ0v) is 11.7. The summed E-state index contributed by atoms with van der Waals surface area (Å²) in [4.78, 5) is 0. The van der Waals surface area contributed by atoms with Crippen LogP contribution in [0, 0.1) is 17.4 Å². The molecule has 70 valence electrons. The first-order valence-corrected chi connectivity index (χ1v) is 9.54. The number of hydrogen-bond acceptors (Lipinski definition) is 0. The lowest BCUT2D eigenvalue weighted by Crippen LogP contribution is -2.16. The minimum Gasteiger partial charge on any atom is -0.132 e. The number of hydrogen-bond donors (Lipinski definition) is 0. The third-order valence-corrected chi connectivity index (χ3v) is 3.07. The first kappa shape index (κ1) is 12.5. The topological polar surface area (TPSA) is 0 Å². The molecule has 0 unspecified atom stereocenters. The zero-order valence-electron chi connectivity index (χ0n) is 8.58. The van der Waals surface area contributed by atoms with Crippen molar-refractivity contribution in [1.29, 1.82) is 0 Å². The van der Waals surface area contributed by atoms with E-state index in [1.54, 1.807) is 0 Å². The molecule has 0 aromatic carbocycles. The van der Waals surface area contributed by atoms with E-state index < -0.39 is 8.07 Å². The quantitative estimate of drug-likeness (QED) is 0.322. The average molecular weight is 294 g/mol. The molecule has 0 N–H and O–H groups in total. The van der Waals surface area contributed by atoms with E-state index in [-0.39, 0.29) is 0 Å². The van der Waals surface area contributed by atoms with Gasteiger partial charge in [-0.15, -0.1) is 11.5 Å². The maximum atomic E-state index is 3.40. The summed E-state index contributed by atoms with van der Waals surface area (Å²) in [5, 5.41) is 0. The molecule has 0 saturated carbocycles. The molecule has 0 aliphatic carbocycles. The van der Waals surface area contributed by atoms with Gasteiger partial charge in [-0.2, -0.15) is 0 Å². The van der Waals surface area contributed by atoms with Gasteiger partial charge in [0, 0.05) is 6.42 Å². The molecule has 0 aromatic heterocycles. The van der Waals surface area contributed by atoms with Gasteiger partial charge < -0.3 is 0 Å². The van der Waals surface area contributed by atoms with Crippen molar-refractivity contribution in [3.05, 3.63) is 0 Å². The zero-order chi connectivity index (χ0) is 9.61. The van der Waals surface area contributed by atoms with Crippen molar-refractivity contribution in [2.75, 3.05) is 4.43 Å². The summed E-state index contributed by atoms with van der Waals surface area (Å²) >= 11 is 2.43. The van der Waals surface area contributed by atoms with Crippen LogP contribution in [0.1, 0.15) is 19.8 Å². The molecule has 0 radical (unpaired) electrons. The van der Waals surface area contributed by atoms with Gasteiger partial charge in [-0.05, 0) is 16.8 Å². The Balaban J connectivity index is 3.71. The molecule has 1 atom stereocenters. The van der Waals surface area contributed by atoms with E-state index in [0.717, 1.165) is 12.3 Å². The molecule has 0 aliphatic heterocycles. The van der Waals surface area contributed by atoms with Gasteiger partial charge in [0.15, 0.2) is 0 Å². The predicted molar refractivity (Wildman–Crippen MR) is 68.4 cm³/mol. The SMILES string of the molecule is C[C@@H](CC#C[Si](C)(C)C)CCI. The lowest BCUT2D eigenvalue weighted by molar-refractivity contribution is 0.590. The Morgan fingerprint density at radius 1 is 1.33 bits per heavy atom. The summed E-state index contributed by atoms with van der Waals surface area (Å²) < 4.78 is 1.26. The fourth-order valence-electron chi connectivity index (χ4n) is 0.779. The molecule has 0 saturated heterocycles. The molecule has 0 bridgehead atoms. The summed E-state index contributed by atoms with van der Waals surface area (Å²) in [6, 6.07) is 0. The highest BCUT2D eigenvalue weighted by Crippen LogP contribution is 2.08. The van der Waals surface area contributed by atoms with Gasteiger partial charge in [-0.3, -0.25) is 0 Å². The van der Waals surface area contributed by atoms with Crippen LogP contribution >= 0.6 is 22.6 Å². The normalized spacial score (nSPS) is 13.4. The van der Waals surface area contributed by atoms with Gasteiger partial charge in [0.1, 0.15) is 8.07 Å². The molecule has 0 nitrogen and oxygen atoms in total. The summed E-state index contributed by atoms with van der Waals surface area (Å²) in [5.74, 6) is 4.10. The van der Waals surface area contributed by atoms with Crippen LogP contribution in [-0.4, -0.2) is 12.5 Å². The molecular formula is C10H19ISi. The molecule has 0 heterocycles. The standard InChI is InChI=1S/C10H19ISi/c1-10(7-8-11)6-5-9-12(2,3)4/h10H,6-8H2,1-4H3/t10-/m0/s1. The van der Waals surface area contributed by atoms with Crippen molar-refractivity contribution in [2.24, 2.45) is 5.92 Å². The van der Waals surface area contributed by atoms with E-state index in [0.29, 0.717) is 0 Å². The summed E-state index contributed by atoms with van der Waals surface area (Å²) in [7, 11) is -1.11. The number of rotatable bonds is 3. The average Bonchev–Trinajstić information content (AvgIpc) is 1.84. The van der Waals surface area contributed by atoms with Crippen LogP contribution in [0.15, 0.2) is 0 Å². The second kappa shape index (κ2) is 6.04. The van der Waals surface area contributed by atoms with Crippen LogP contribution in [0.25, 0.3) is 0 Å². The highest BCUT2D eigenvalue weighted by atomic mass is 127. The van der Waals surface area contributed by atoms with Crippen molar-refractivity contribution < 1.29 is 0 Å². The van der Waals surface area contributed by atoms with Crippen molar-refractivity contribution in [2.45, 2.75) is 39.4 Å². The van der Waals surface area contributed by atoms with Gasteiger partial charge >= 0.3 is 0 Å². The third-order valence-electron chi connectivity index (χ3n) is 1.52. The van der Waals surface area contributed by atoms with Gasteiger partial charge in [-0.1, -0.05) is 49.2 Å². The number of halogens is 1. The highest BCUT2D eigenvalue weighted by molar-refractivity contribution is 14.1. The summed E-state index contributed by atoms with van der Waals surface area (Å²) in [6.45, 7) is 9.17. The lowest BCUT2D eigenvalue weighted by atomic mass is 10.1. The Morgan fingerprint density at radius 2 is 1.92 bits per heavy atom. The molecule has 0 aliphatic rings. The monoisotopic (exact) mass is 294 g/mol. The molecule has 2 heteroatoms. The highest BCUT2D eigenvalue weighted by Gasteiger charge is 2.07. The molecule has 12 heavy (non-hydrogen) atoms. The van der Waals surface area contributed by atoms with E-state index in [1.807, 2.05) is 0 Å². The second-order valence-electron chi connectivity index (χ2n) is 4.34. The van der Waals surface area contributed by atoms with Gasteiger partial charge in [0.2, 0.25) is 0 Å². The Bertz CT molecular complexity index is 171. The smallest absolute Gasteiger partial charge is 0.129 e. The first-order valence-electron chi connectivity index (χ1n) is 4.51. The minimum absolute atomic E-state index is 0.783. The number of alkyl halides is 1. The van der Waals surface area contributed by atoms with Gasteiger partial charge in [0.05, 0.1) is 0 Å². The largest absolute Gasteiger partial charge is 0.132 e. The van der Waals surface area contributed by atoms with E-state index in [2.05, 4.69) is 60.6 Å². The lowest BCUT2D eigenvalue weighted by Gasteiger charge is -2.06. The van der Waals surface area contributed by atoms with Crippen molar-refractivity contribution in [3.8, 4) is 11.5 Å². The fourth-order valence-corrected chi connectivity index (χ4v) is 2.47. The Kier molecular flexibility index (Phi) is 6.29.